The van der Waals surface area contributed by atoms with Gasteiger partial charge in [-0.2, -0.15) is 0 Å². The van der Waals surface area contributed by atoms with Crippen molar-refractivity contribution in [1.82, 2.24) is 5.32 Å². The molecule has 5 nitrogen and oxygen atoms in total. The summed E-state index contributed by atoms with van der Waals surface area (Å²) in [6.45, 7) is 7.77. The van der Waals surface area contributed by atoms with Crippen molar-refractivity contribution >= 4 is 17.5 Å². The number of rotatable bonds is 7. The summed E-state index contributed by atoms with van der Waals surface area (Å²) in [4.78, 5) is 24.6. The number of carbonyl (C=O) groups excluding carboxylic acids is 2. The zero-order chi connectivity index (χ0) is 19.1. The molecule has 0 aliphatic rings. The fourth-order valence-corrected chi connectivity index (χ4v) is 2.48. The van der Waals surface area contributed by atoms with E-state index < -0.39 is 0 Å². The fraction of sp³-hybridized carbons (Fsp3) is 0.333. The van der Waals surface area contributed by atoms with Crippen LogP contribution in [-0.4, -0.2) is 24.5 Å². The first kappa shape index (κ1) is 19.5. The number of hydrogen-bond acceptors (Lipinski definition) is 3. The molecule has 0 saturated carbocycles. The molecule has 1 unspecified atom stereocenters. The summed E-state index contributed by atoms with van der Waals surface area (Å²) in [7, 11) is 0. The molecule has 2 aromatic carbocycles. The highest BCUT2D eigenvalue weighted by Gasteiger charge is 2.15. The minimum Gasteiger partial charge on any atom is -0.483 e. The molecular formula is C21H26N2O3. The van der Waals surface area contributed by atoms with Gasteiger partial charge >= 0.3 is 0 Å². The summed E-state index contributed by atoms with van der Waals surface area (Å²) >= 11 is 0. The van der Waals surface area contributed by atoms with Crippen molar-refractivity contribution in [2.24, 2.45) is 0 Å². The second-order valence-corrected chi connectivity index (χ2v) is 6.43. The third-order valence-electron chi connectivity index (χ3n) is 4.12. The highest BCUT2D eigenvalue weighted by atomic mass is 16.5. The molecule has 5 heteroatoms. The Morgan fingerprint density at radius 1 is 1.12 bits per heavy atom. The standard InChI is InChI=1S/C21H26N2O3/c1-5-16(4)22-21(25)17-8-6-7-9-18(17)23-20(24)13-26-19-11-10-14(2)12-15(19)3/h6-12,16H,5,13H2,1-4H3,(H,22,25)(H,23,24). The molecule has 0 fully saturated rings. The lowest BCUT2D eigenvalue weighted by Gasteiger charge is -2.15. The predicted molar refractivity (Wildman–Crippen MR) is 104 cm³/mol. The maximum atomic E-state index is 12.4. The molecule has 2 rings (SSSR count). The van der Waals surface area contributed by atoms with Crippen LogP contribution >= 0.6 is 0 Å². The summed E-state index contributed by atoms with van der Waals surface area (Å²) in [5.41, 5.74) is 3.03. The van der Waals surface area contributed by atoms with E-state index in [-0.39, 0.29) is 24.5 Å². The number of carbonyl (C=O) groups is 2. The topological polar surface area (TPSA) is 67.4 Å². The lowest BCUT2D eigenvalue weighted by Crippen LogP contribution is -2.33. The van der Waals surface area contributed by atoms with E-state index in [0.717, 1.165) is 17.5 Å². The molecular weight excluding hydrogens is 328 g/mol. The van der Waals surface area contributed by atoms with Crippen LogP contribution in [-0.2, 0) is 4.79 Å². The van der Waals surface area contributed by atoms with Crippen LogP contribution in [0.15, 0.2) is 42.5 Å². The summed E-state index contributed by atoms with van der Waals surface area (Å²) < 4.78 is 5.60. The van der Waals surface area contributed by atoms with Gasteiger partial charge in [0.05, 0.1) is 11.3 Å². The average Bonchev–Trinajstić information content (AvgIpc) is 2.61. The molecule has 0 spiro atoms. The van der Waals surface area contributed by atoms with E-state index in [0.29, 0.717) is 17.0 Å². The largest absolute Gasteiger partial charge is 0.483 e. The molecule has 0 saturated heterocycles. The van der Waals surface area contributed by atoms with Crippen LogP contribution in [0.1, 0.15) is 41.8 Å². The summed E-state index contributed by atoms with van der Waals surface area (Å²) in [6.07, 6.45) is 0.837. The Hall–Kier alpha value is -2.82. The predicted octanol–water partition coefficient (Wildman–Crippen LogP) is 3.85. The molecule has 26 heavy (non-hydrogen) atoms. The normalized spacial score (nSPS) is 11.5. The lowest BCUT2D eigenvalue weighted by molar-refractivity contribution is -0.118. The Balaban J connectivity index is 2.01. The highest BCUT2D eigenvalue weighted by molar-refractivity contribution is 6.04. The lowest BCUT2D eigenvalue weighted by atomic mass is 10.1. The van der Waals surface area contributed by atoms with E-state index in [4.69, 9.17) is 4.74 Å². The van der Waals surface area contributed by atoms with Crippen molar-refractivity contribution in [3.63, 3.8) is 0 Å². The quantitative estimate of drug-likeness (QED) is 0.794. The Morgan fingerprint density at radius 2 is 1.85 bits per heavy atom. The molecule has 2 N–H and O–H groups in total. The Kier molecular flexibility index (Phi) is 6.78. The molecule has 138 valence electrons. The van der Waals surface area contributed by atoms with Crippen LogP contribution in [0.3, 0.4) is 0 Å². The molecule has 2 aromatic rings. The smallest absolute Gasteiger partial charge is 0.262 e. The van der Waals surface area contributed by atoms with Gasteiger partial charge in [0.25, 0.3) is 11.8 Å². The first-order chi connectivity index (χ1) is 12.4. The van der Waals surface area contributed by atoms with E-state index in [1.807, 2.05) is 45.9 Å². The van der Waals surface area contributed by atoms with Crippen LogP contribution in [0, 0.1) is 13.8 Å². The van der Waals surface area contributed by atoms with Gasteiger partial charge < -0.3 is 15.4 Å². The summed E-state index contributed by atoms with van der Waals surface area (Å²) in [6, 6.07) is 12.8. The van der Waals surface area contributed by atoms with Gasteiger partial charge in [-0.05, 0) is 51.0 Å². The zero-order valence-corrected chi connectivity index (χ0v) is 15.8. The van der Waals surface area contributed by atoms with Crippen molar-refractivity contribution in [2.45, 2.75) is 40.2 Å². The van der Waals surface area contributed by atoms with E-state index >= 15 is 0 Å². The molecule has 0 aromatic heterocycles. The second-order valence-electron chi connectivity index (χ2n) is 6.43. The molecule has 0 heterocycles. The summed E-state index contributed by atoms with van der Waals surface area (Å²) in [5, 5.41) is 5.67. The molecule has 0 radical (unpaired) electrons. The van der Waals surface area contributed by atoms with Gasteiger partial charge in [-0.1, -0.05) is 36.8 Å². The number of aryl methyl sites for hydroxylation is 2. The van der Waals surface area contributed by atoms with E-state index in [1.165, 1.54) is 0 Å². The van der Waals surface area contributed by atoms with Crippen LogP contribution in [0.2, 0.25) is 0 Å². The number of amides is 2. The number of benzene rings is 2. The van der Waals surface area contributed by atoms with Crippen molar-refractivity contribution in [1.29, 1.82) is 0 Å². The molecule has 1 atom stereocenters. The number of para-hydroxylation sites is 1. The van der Waals surface area contributed by atoms with Crippen molar-refractivity contribution in [3.05, 3.63) is 59.2 Å². The van der Waals surface area contributed by atoms with Gasteiger partial charge in [-0.3, -0.25) is 9.59 Å². The minimum absolute atomic E-state index is 0.0686. The van der Waals surface area contributed by atoms with E-state index in [9.17, 15) is 9.59 Å². The van der Waals surface area contributed by atoms with Gasteiger partial charge in [0.1, 0.15) is 5.75 Å². The van der Waals surface area contributed by atoms with Crippen LogP contribution in [0.4, 0.5) is 5.69 Å². The molecule has 0 aliphatic heterocycles. The van der Waals surface area contributed by atoms with Crippen LogP contribution < -0.4 is 15.4 Å². The Labute approximate surface area is 154 Å². The Morgan fingerprint density at radius 3 is 2.54 bits per heavy atom. The van der Waals surface area contributed by atoms with Crippen LogP contribution in [0.25, 0.3) is 0 Å². The molecule has 2 amide bonds. The Bertz CT molecular complexity index is 787. The third kappa shape index (κ3) is 5.34. The fourth-order valence-electron chi connectivity index (χ4n) is 2.48. The third-order valence-corrected chi connectivity index (χ3v) is 4.12. The monoisotopic (exact) mass is 354 g/mol. The number of anilines is 1. The van der Waals surface area contributed by atoms with Gasteiger partial charge in [-0.25, -0.2) is 0 Å². The van der Waals surface area contributed by atoms with Crippen molar-refractivity contribution in [3.8, 4) is 5.75 Å². The van der Waals surface area contributed by atoms with Gasteiger partial charge in [0, 0.05) is 6.04 Å². The number of hydrogen-bond donors (Lipinski definition) is 2. The average molecular weight is 354 g/mol. The van der Waals surface area contributed by atoms with Gasteiger partial charge in [0.15, 0.2) is 6.61 Å². The number of nitrogens with one attached hydrogen (secondary N) is 2. The van der Waals surface area contributed by atoms with Gasteiger partial charge in [0.2, 0.25) is 0 Å². The molecule has 0 aliphatic carbocycles. The second kappa shape index (κ2) is 9.04. The minimum atomic E-state index is -0.311. The summed E-state index contributed by atoms with van der Waals surface area (Å²) in [5.74, 6) is 0.160. The maximum Gasteiger partial charge on any atom is 0.262 e. The van der Waals surface area contributed by atoms with Crippen molar-refractivity contribution < 1.29 is 14.3 Å². The van der Waals surface area contributed by atoms with Crippen molar-refractivity contribution in [2.75, 3.05) is 11.9 Å². The van der Waals surface area contributed by atoms with Gasteiger partial charge in [-0.15, -0.1) is 0 Å². The first-order valence-corrected chi connectivity index (χ1v) is 8.80. The maximum absolute atomic E-state index is 12.4. The zero-order valence-electron chi connectivity index (χ0n) is 15.8. The van der Waals surface area contributed by atoms with E-state index in [1.54, 1.807) is 24.3 Å². The first-order valence-electron chi connectivity index (χ1n) is 8.80. The SMILES string of the molecule is CCC(C)NC(=O)c1ccccc1NC(=O)COc1ccc(C)cc1C. The molecule has 0 bridgehead atoms. The van der Waals surface area contributed by atoms with Crippen LogP contribution in [0.5, 0.6) is 5.75 Å². The highest BCUT2D eigenvalue weighted by Crippen LogP contribution is 2.19. The number of ether oxygens (including phenoxy) is 1. The van der Waals surface area contributed by atoms with E-state index in [2.05, 4.69) is 10.6 Å².